The lowest BCUT2D eigenvalue weighted by molar-refractivity contribution is 0.0347. The third-order valence-electron chi connectivity index (χ3n) is 4.01. The fraction of sp³-hybridized carbons (Fsp3) is 0.632. The number of ether oxygens (including phenoxy) is 4. The summed E-state index contributed by atoms with van der Waals surface area (Å²) in [5, 5.41) is 6.60. The summed E-state index contributed by atoms with van der Waals surface area (Å²) in [6.45, 7) is 6.80. The van der Waals surface area contributed by atoms with Gasteiger partial charge in [-0.05, 0) is 32.4 Å². The fourth-order valence-electron chi connectivity index (χ4n) is 2.58. The molecular formula is C19H32IN3O4. The van der Waals surface area contributed by atoms with E-state index in [1.807, 2.05) is 31.2 Å². The number of halogens is 1. The second-order valence-corrected chi connectivity index (χ2v) is 6.42. The number of hydrogen-bond acceptors (Lipinski definition) is 5. The molecule has 0 saturated carbocycles. The minimum atomic E-state index is -0.0251. The molecule has 2 rings (SSSR count). The second kappa shape index (κ2) is 13.0. The Bertz CT molecular complexity index is 568. The number of hydrogen-bond donors (Lipinski definition) is 2. The molecule has 0 aromatic heterocycles. The number of aliphatic imine (C=N–C) groups is 1. The van der Waals surface area contributed by atoms with Crippen LogP contribution in [-0.2, 0) is 9.47 Å². The van der Waals surface area contributed by atoms with Crippen molar-refractivity contribution in [3.05, 3.63) is 24.3 Å². The standard InChI is InChI=1S/C19H31N3O4.HI/c1-14(12-25-18-8-9-24-13-18)22-19(20-3)21-11-15(2)26-17-7-5-6-16(10-17)23-4;/h5-7,10,14-15,18H,8-9,11-13H2,1-4H3,(H2,20,21,22);1H. The SMILES string of the molecule is CN=C(NCC(C)Oc1cccc(OC)c1)NC(C)COC1CCOC1.I. The molecule has 3 unspecified atom stereocenters. The number of benzene rings is 1. The molecule has 1 aliphatic heterocycles. The van der Waals surface area contributed by atoms with Crippen molar-refractivity contribution in [1.29, 1.82) is 0 Å². The zero-order chi connectivity index (χ0) is 18.8. The molecule has 1 aliphatic rings. The molecule has 2 N–H and O–H groups in total. The number of methoxy groups -OCH3 is 1. The summed E-state index contributed by atoms with van der Waals surface area (Å²) in [7, 11) is 3.39. The van der Waals surface area contributed by atoms with Crippen molar-refractivity contribution in [3.63, 3.8) is 0 Å². The lowest BCUT2D eigenvalue weighted by Gasteiger charge is -2.21. The second-order valence-electron chi connectivity index (χ2n) is 6.42. The topological polar surface area (TPSA) is 73.3 Å². The molecule has 7 nitrogen and oxygen atoms in total. The average molecular weight is 493 g/mol. The first kappa shape index (κ1) is 23.8. The van der Waals surface area contributed by atoms with Crippen molar-refractivity contribution >= 4 is 29.9 Å². The van der Waals surface area contributed by atoms with Crippen LogP contribution in [0.4, 0.5) is 0 Å². The van der Waals surface area contributed by atoms with Crippen LogP contribution >= 0.6 is 24.0 Å². The zero-order valence-electron chi connectivity index (χ0n) is 16.6. The quantitative estimate of drug-likeness (QED) is 0.313. The van der Waals surface area contributed by atoms with Crippen molar-refractivity contribution in [2.24, 2.45) is 4.99 Å². The van der Waals surface area contributed by atoms with E-state index in [2.05, 4.69) is 22.5 Å². The van der Waals surface area contributed by atoms with Gasteiger partial charge >= 0.3 is 0 Å². The molecule has 1 aromatic rings. The first-order valence-corrected chi connectivity index (χ1v) is 9.08. The van der Waals surface area contributed by atoms with Crippen LogP contribution in [0.25, 0.3) is 0 Å². The van der Waals surface area contributed by atoms with Crippen LogP contribution in [0.15, 0.2) is 29.3 Å². The Hall–Kier alpha value is -1.26. The lowest BCUT2D eigenvalue weighted by atomic mass is 10.3. The Morgan fingerprint density at radius 2 is 2.11 bits per heavy atom. The van der Waals surface area contributed by atoms with Crippen LogP contribution in [-0.4, -0.2) is 64.7 Å². The van der Waals surface area contributed by atoms with Gasteiger partial charge in [-0.1, -0.05) is 6.07 Å². The Balaban J connectivity index is 0.00000364. The third kappa shape index (κ3) is 8.98. The predicted octanol–water partition coefficient (Wildman–Crippen LogP) is 2.44. The highest BCUT2D eigenvalue weighted by molar-refractivity contribution is 14.0. The Labute approximate surface area is 179 Å². The highest BCUT2D eigenvalue weighted by Gasteiger charge is 2.17. The van der Waals surface area contributed by atoms with Gasteiger partial charge in [-0.25, -0.2) is 0 Å². The van der Waals surface area contributed by atoms with E-state index in [4.69, 9.17) is 18.9 Å². The largest absolute Gasteiger partial charge is 0.497 e. The van der Waals surface area contributed by atoms with E-state index < -0.39 is 0 Å². The van der Waals surface area contributed by atoms with Crippen LogP contribution in [0.2, 0.25) is 0 Å². The molecule has 3 atom stereocenters. The van der Waals surface area contributed by atoms with Gasteiger partial charge in [0, 0.05) is 25.8 Å². The Morgan fingerprint density at radius 1 is 1.33 bits per heavy atom. The molecule has 0 spiro atoms. The smallest absolute Gasteiger partial charge is 0.191 e. The van der Waals surface area contributed by atoms with Gasteiger partial charge in [-0.2, -0.15) is 0 Å². The van der Waals surface area contributed by atoms with Crippen LogP contribution in [0.5, 0.6) is 11.5 Å². The molecule has 1 heterocycles. The first-order valence-electron chi connectivity index (χ1n) is 9.08. The van der Waals surface area contributed by atoms with Gasteiger partial charge in [0.25, 0.3) is 0 Å². The maximum atomic E-state index is 5.91. The summed E-state index contributed by atoms with van der Waals surface area (Å²) in [5.74, 6) is 2.29. The maximum absolute atomic E-state index is 5.91. The van der Waals surface area contributed by atoms with Gasteiger partial charge < -0.3 is 29.6 Å². The van der Waals surface area contributed by atoms with Crippen LogP contribution in [0.1, 0.15) is 20.3 Å². The molecule has 0 aliphatic carbocycles. The van der Waals surface area contributed by atoms with Gasteiger partial charge in [0.1, 0.15) is 17.6 Å². The normalized spacial score (nSPS) is 19.0. The first-order chi connectivity index (χ1) is 12.6. The van der Waals surface area contributed by atoms with Crippen molar-refractivity contribution in [3.8, 4) is 11.5 Å². The van der Waals surface area contributed by atoms with E-state index >= 15 is 0 Å². The van der Waals surface area contributed by atoms with E-state index in [0.29, 0.717) is 19.8 Å². The van der Waals surface area contributed by atoms with Gasteiger partial charge in [0.05, 0.1) is 33.0 Å². The van der Waals surface area contributed by atoms with Crippen molar-refractivity contribution < 1.29 is 18.9 Å². The van der Waals surface area contributed by atoms with Crippen LogP contribution in [0, 0.1) is 0 Å². The minimum Gasteiger partial charge on any atom is -0.497 e. The molecule has 0 amide bonds. The highest BCUT2D eigenvalue weighted by Crippen LogP contribution is 2.19. The van der Waals surface area contributed by atoms with Gasteiger partial charge in [0.2, 0.25) is 0 Å². The summed E-state index contributed by atoms with van der Waals surface area (Å²) in [6.07, 6.45) is 1.16. The third-order valence-corrected chi connectivity index (χ3v) is 4.01. The molecule has 1 aromatic carbocycles. The van der Waals surface area contributed by atoms with Crippen LogP contribution < -0.4 is 20.1 Å². The van der Waals surface area contributed by atoms with E-state index in [1.165, 1.54) is 0 Å². The lowest BCUT2D eigenvalue weighted by Crippen LogP contribution is -2.46. The number of nitrogens with one attached hydrogen (secondary N) is 2. The monoisotopic (exact) mass is 493 g/mol. The average Bonchev–Trinajstić information content (AvgIpc) is 3.17. The predicted molar refractivity (Wildman–Crippen MR) is 118 cm³/mol. The molecule has 154 valence electrons. The molecular weight excluding hydrogens is 461 g/mol. The van der Waals surface area contributed by atoms with Crippen molar-refractivity contribution in [2.45, 2.75) is 38.5 Å². The Kier molecular flexibility index (Phi) is 11.5. The molecule has 1 saturated heterocycles. The van der Waals surface area contributed by atoms with E-state index in [9.17, 15) is 0 Å². The van der Waals surface area contributed by atoms with E-state index in [0.717, 1.165) is 30.5 Å². The van der Waals surface area contributed by atoms with Gasteiger partial charge in [0.15, 0.2) is 5.96 Å². The number of nitrogens with zero attached hydrogens (tertiary/aromatic N) is 1. The van der Waals surface area contributed by atoms with Crippen LogP contribution in [0.3, 0.4) is 0 Å². The Morgan fingerprint density at radius 3 is 2.78 bits per heavy atom. The van der Waals surface area contributed by atoms with Crippen molar-refractivity contribution in [2.75, 3.05) is 40.5 Å². The summed E-state index contributed by atoms with van der Waals surface area (Å²) in [6, 6.07) is 7.74. The number of rotatable bonds is 9. The minimum absolute atomic E-state index is 0. The fourth-order valence-corrected chi connectivity index (χ4v) is 2.58. The number of guanidine groups is 1. The zero-order valence-corrected chi connectivity index (χ0v) is 18.9. The van der Waals surface area contributed by atoms with Gasteiger partial charge in [-0.3, -0.25) is 4.99 Å². The summed E-state index contributed by atoms with van der Waals surface area (Å²) in [5.41, 5.74) is 0. The molecule has 27 heavy (non-hydrogen) atoms. The molecule has 1 fully saturated rings. The molecule has 8 heteroatoms. The molecule has 0 radical (unpaired) electrons. The summed E-state index contributed by atoms with van der Waals surface area (Å²) >= 11 is 0. The van der Waals surface area contributed by atoms with E-state index in [1.54, 1.807) is 14.2 Å². The molecule has 0 bridgehead atoms. The highest BCUT2D eigenvalue weighted by atomic mass is 127. The summed E-state index contributed by atoms with van der Waals surface area (Å²) in [4.78, 5) is 4.25. The van der Waals surface area contributed by atoms with Crippen molar-refractivity contribution in [1.82, 2.24) is 10.6 Å². The van der Waals surface area contributed by atoms with Gasteiger partial charge in [-0.15, -0.1) is 24.0 Å². The maximum Gasteiger partial charge on any atom is 0.191 e. The van der Waals surface area contributed by atoms with E-state index in [-0.39, 0.29) is 42.2 Å². The summed E-state index contributed by atoms with van der Waals surface area (Å²) < 4.78 is 22.3.